The van der Waals surface area contributed by atoms with E-state index in [4.69, 9.17) is 19.5 Å². The molecule has 2 aliphatic rings. The first kappa shape index (κ1) is 23.8. The molecule has 30 heavy (non-hydrogen) atoms. The van der Waals surface area contributed by atoms with Gasteiger partial charge in [0.05, 0.1) is 11.8 Å². The van der Waals surface area contributed by atoms with E-state index in [1.165, 1.54) is 6.92 Å². The van der Waals surface area contributed by atoms with E-state index in [0.29, 0.717) is 19.3 Å². The average Bonchev–Trinajstić information content (AvgIpc) is 2.97. The van der Waals surface area contributed by atoms with Crippen LogP contribution in [0.3, 0.4) is 0 Å². The summed E-state index contributed by atoms with van der Waals surface area (Å²) in [6.45, 7) is 8.86. The highest BCUT2D eigenvalue weighted by Crippen LogP contribution is 2.36. The number of hydrogen-bond acceptors (Lipinski definition) is 8. The van der Waals surface area contributed by atoms with Gasteiger partial charge in [0.25, 0.3) is 0 Å². The van der Waals surface area contributed by atoms with Crippen LogP contribution in [0.2, 0.25) is 0 Å². The van der Waals surface area contributed by atoms with Crippen molar-refractivity contribution in [2.75, 3.05) is 13.2 Å². The van der Waals surface area contributed by atoms with Crippen LogP contribution in [0.5, 0.6) is 0 Å². The van der Waals surface area contributed by atoms with Crippen molar-refractivity contribution in [1.82, 2.24) is 0 Å². The highest BCUT2D eigenvalue weighted by molar-refractivity contribution is 5.91. The molecule has 1 heterocycles. The summed E-state index contributed by atoms with van der Waals surface area (Å²) in [5.41, 5.74) is 1.71. The Morgan fingerprint density at radius 2 is 2.07 bits per heavy atom. The van der Waals surface area contributed by atoms with Gasteiger partial charge >= 0.3 is 17.9 Å². The van der Waals surface area contributed by atoms with Gasteiger partial charge in [-0.2, -0.15) is 0 Å². The summed E-state index contributed by atoms with van der Waals surface area (Å²) in [7, 11) is 0. The molecule has 0 bridgehead atoms. The van der Waals surface area contributed by atoms with E-state index in [1.807, 2.05) is 13.0 Å². The Morgan fingerprint density at radius 3 is 2.70 bits per heavy atom. The third kappa shape index (κ3) is 6.27. The average molecular weight is 422 g/mol. The summed E-state index contributed by atoms with van der Waals surface area (Å²) in [5.74, 6) is -2.25. The van der Waals surface area contributed by atoms with E-state index in [1.54, 1.807) is 13.0 Å². The fraction of sp³-hybridized carbons (Fsp3) is 0.591. The zero-order chi connectivity index (χ0) is 22.3. The van der Waals surface area contributed by atoms with Crippen molar-refractivity contribution in [2.24, 2.45) is 11.8 Å². The molecule has 0 spiro atoms. The first-order valence-corrected chi connectivity index (χ1v) is 10.1. The van der Waals surface area contributed by atoms with Gasteiger partial charge in [0, 0.05) is 18.9 Å². The lowest BCUT2D eigenvalue weighted by Gasteiger charge is -2.29. The van der Waals surface area contributed by atoms with Crippen LogP contribution in [0.1, 0.15) is 46.5 Å². The first-order valence-electron chi connectivity index (χ1n) is 10.1. The predicted octanol–water partition coefficient (Wildman–Crippen LogP) is 3.13. The normalized spacial score (nSPS) is 28.9. The molecule has 0 unspecified atom stereocenters. The Kier molecular flexibility index (Phi) is 8.80. The van der Waals surface area contributed by atoms with Crippen LogP contribution in [-0.2, 0) is 33.5 Å². The van der Waals surface area contributed by atoms with Gasteiger partial charge in [0.2, 0.25) is 0 Å². The molecule has 0 aromatic rings. The maximum atomic E-state index is 12.6. The Balaban J connectivity index is 2.41. The molecule has 1 aliphatic carbocycles. The van der Waals surface area contributed by atoms with Crippen molar-refractivity contribution in [2.45, 2.75) is 58.7 Å². The van der Waals surface area contributed by atoms with E-state index in [9.17, 15) is 14.4 Å². The van der Waals surface area contributed by atoms with Crippen molar-refractivity contribution < 1.29 is 38.7 Å². The van der Waals surface area contributed by atoms with Gasteiger partial charge in [-0.3, -0.25) is 14.8 Å². The number of hydrogen-bond donors (Lipinski definition) is 1. The van der Waals surface area contributed by atoms with Crippen LogP contribution in [-0.4, -0.2) is 48.6 Å². The molecular formula is C22H30O8. The van der Waals surface area contributed by atoms with Crippen LogP contribution in [0.25, 0.3) is 0 Å². The maximum Gasteiger partial charge on any atom is 0.334 e. The van der Waals surface area contributed by atoms with Gasteiger partial charge in [-0.15, -0.1) is 0 Å². The Labute approximate surface area is 176 Å². The van der Waals surface area contributed by atoms with Crippen LogP contribution >= 0.6 is 0 Å². The number of carbonyl (C=O) groups is 3. The lowest BCUT2D eigenvalue weighted by molar-refractivity contribution is -0.234. The van der Waals surface area contributed by atoms with Crippen molar-refractivity contribution >= 4 is 17.9 Å². The number of fused-ring (bicyclic) bond motifs is 1. The Morgan fingerprint density at radius 1 is 1.33 bits per heavy atom. The molecule has 0 aromatic heterocycles. The number of rotatable bonds is 7. The van der Waals surface area contributed by atoms with Gasteiger partial charge in [-0.1, -0.05) is 26.5 Å². The molecule has 2 rings (SSSR count). The Hall–Kier alpha value is -2.45. The summed E-state index contributed by atoms with van der Waals surface area (Å²) < 4.78 is 16.4. The maximum absolute atomic E-state index is 12.6. The Bertz CT molecular complexity index is 735. The van der Waals surface area contributed by atoms with Gasteiger partial charge in [-0.25, -0.2) is 9.68 Å². The molecule has 8 heteroatoms. The zero-order valence-corrected chi connectivity index (χ0v) is 17.7. The summed E-state index contributed by atoms with van der Waals surface area (Å²) in [6.07, 6.45) is 4.26. The molecule has 0 radical (unpaired) electrons. The van der Waals surface area contributed by atoms with Crippen molar-refractivity contribution in [3.63, 3.8) is 0 Å². The molecule has 1 N–H and O–H groups in total. The fourth-order valence-electron chi connectivity index (χ4n) is 3.49. The summed E-state index contributed by atoms with van der Waals surface area (Å²) in [4.78, 5) is 40.4. The minimum atomic E-state index is -0.720. The lowest BCUT2D eigenvalue weighted by Crippen LogP contribution is -2.35. The second kappa shape index (κ2) is 11.1. The van der Waals surface area contributed by atoms with Crippen molar-refractivity contribution in [3.8, 4) is 0 Å². The van der Waals surface area contributed by atoms with E-state index in [2.05, 4.69) is 11.5 Å². The van der Waals surface area contributed by atoms with Gasteiger partial charge < -0.3 is 14.2 Å². The summed E-state index contributed by atoms with van der Waals surface area (Å²) in [6, 6.07) is 0. The second-order valence-electron chi connectivity index (χ2n) is 7.69. The molecule has 0 saturated carbocycles. The van der Waals surface area contributed by atoms with E-state index in [-0.39, 0.29) is 37.1 Å². The van der Waals surface area contributed by atoms with Crippen LogP contribution < -0.4 is 0 Å². The minimum Gasteiger partial charge on any atom is -0.461 e. The molecule has 0 amide bonds. The monoisotopic (exact) mass is 422 g/mol. The highest BCUT2D eigenvalue weighted by Gasteiger charge is 2.45. The van der Waals surface area contributed by atoms with Gasteiger partial charge in [0.1, 0.15) is 25.4 Å². The topological polar surface area (TPSA) is 108 Å². The lowest BCUT2D eigenvalue weighted by atomic mass is 9.85. The molecule has 1 fully saturated rings. The molecule has 4 atom stereocenters. The molecule has 166 valence electrons. The number of esters is 3. The largest absolute Gasteiger partial charge is 0.461 e. The smallest absolute Gasteiger partial charge is 0.334 e. The number of carbonyl (C=O) groups excluding carboxylic acids is 3. The molecular weight excluding hydrogens is 392 g/mol. The fourth-order valence-corrected chi connectivity index (χ4v) is 3.49. The van der Waals surface area contributed by atoms with E-state index < -0.39 is 30.1 Å². The molecule has 8 nitrogen and oxygen atoms in total. The van der Waals surface area contributed by atoms with Crippen LogP contribution in [0.4, 0.5) is 0 Å². The van der Waals surface area contributed by atoms with Crippen molar-refractivity contribution in [1.29, 1.82) is 0 Å². The van der Waals surface area contributed by atoms with Crippen molar-refractivity contribution in [3.05, 3.63) is 35.5 Å². The molecule has 1 aliphatic heterocycles. The SMILES string of the molecule is C=C1C(=O)O[C@@H]2/C=C(\COO)CC/C=C(\COC(C)=O)C[C@H](OC(=O)[C@@H](C)CC)[C@@H]12. The minimum absolute atomic E-state index is 0.0440. The first-order chi connectivity index (χ1) is 14.3. The van der Waals surface area contributed by atoms with Gasteiger partial charge in [0.15, 0.2) is 0 Å². The quantitative estimate of drug-likeness (QED) is 0.166. The third-order valence-corrected chi connectivity index (χ3v) is 5.42. The molecule has 0 aromatic carbocycles. The van der Waals surface area contributed by atoms with E-state index >= 15 is 0 Å². The third-order valence-electron chi connectivity index (χ3n) is 5.42. The van der Waals surface area contributed by atoms with Crippen LogP contribution in [0.15, 0.2) is 35.5 Å². The summed E-state index contributed by atoms with van der Waals surface area (Å²) >= 11 is 0. The van der Waals surface area contributed by atoms with E-state index in [0.717, 1.165) is 11.1 Å². The molecule has 1 saturated heterocycles. The predicted molar refractivity (Wildman–Crippen MR) is 107 cm³/mol. The number of allylic oxidation sites excluding steroid dienone is 1. The second-order valence-corrected chi connectivity index (χ2v) is 7.69. The standard InChI is InChI=1S/C22H30O8/c1-5-13(2)21(24)29-18-9-16(11-27-15(4)23)7-6-8-17(12-28-26)10-19-20(18)14(3)22(25)30-19/h7,10,13,18-20,26H,3,5-6,8-9,11-12H2,1-2,4H3/b16-7-,17-10-/t13-,18-,19+,20+/m0/s1. The number of ether oxygens (including phenoxy) is 3. The van der Waals surface area contributed by atoms with Gasteiger partial charge in [-0.05, 0) is 36.5 Å². The zero-order valence-electron chi connectivity index (χ0n) is 17.7. The van der Waals surface area contributed by atoms with Crippen LogP contribution in [0, 0.1) is 11.8 Å². The summed E-state index contributed by atoms with van der Waals surface area (Å²) in [5, 5.41) is 8.90. The highest BCUT2D eigenvalue weighted by atomic mass is 17.1.